The summed E-state index contributed by atoms with van der Waals surface area (Å²) in [7, 11) is 3.91. The standard InChI is InChI=1S/C29H28ClN5O/c1-4-16-34(2)28-26(20-8-6-5-7-9-20)27(30)23-17-22(10-11-24(23)33-28)29(36,21-12-14-31-15-13-21)25-18-32-19-35(25)3/h5-15,17-19,36H,4,16H2,1-3H3. The predicted molar refractivity (Wildman–Crippen MR) is 145 cm³/mol. The molecule has 1 unspecified atom stereocenters. The summed E-state index contributed by atoms with van der Waals surface area (Å²) >= 11 is 7.17. The lowest BCUT2D eigenvalue weighted by atomic mass is 9.83. The normalized spacial score (nSPS) is 13.0. The SMILES string of the molecule is CCCN(C)c1nc2ccc(C(O)(c3ccncc3)c3cncn3C)cc2c(Cl)c1-c1ccccc1. The monoisotopic (exact) mass is 497 g/mol. The number of rotatable bonds is 7. The largest absolute Gasteiger partial charge is 0.374 e. The molecule has 0 radical (unpaired) electrons. The molecule has 5 rings (SSSR count). The van der Waals surface area contributed by atoms with Gasteiger partial charge < -0.3 is 14.6 Å². The van der Waals surface area contributed by atoms with Crippen LogP contribution in [0.3, 0.4) is 0 Å². The number of aliphatic hydroxyl groups is 1. The Morgan fingerprint density at radius 1 is 1.00 bits per heavy atom. The van der Waals surface area contributed by atoms with Gasteiger partial charge in [0, 0.05) is 44.0 Å². The fourth-order valence-corrected chi connectivity index (χ4v) is 5.12. The number of aryl methyl sites for hydroxylation is 1. The van der Waals surface area contributed by atoms with Gasteiger partial charge in [-0.15, -0.1) is 0 Å². The molecule has 1 N–H and O–H groups in total. The van der Waals surface area contributed by atoms with E-state index in [9.17, 15) is 5.11 Å². The number of fused-ring (bicyclic) bond motifs is 1. The zero-order valence-electron chi connectivity index (χ0n) is 20.6. The summed E-state index contributed by atoms with van der Waals surface area (Å²) in [4.78, 5) is 15.6. The quantitative estimate of drug-likeness (QED) is 0.307. The molecule has 182 valence electrons. The molecule has 3 aromatic heterocycles. The first kappa shape index (κ1) is 24.0. The minimum atomic E-state index is -1.46. The Kier molecular flexibility index (Phi) is 6.48. The van der Waals surface area contributed by atoms with Crippen LogP contribution in [0.2, 0.25) is 5.02 Å². The molecule has 0 spiro atoms. The van der Waals surface area contributed by atoms with Crippen LogP contribution in [0.5, 0.6) is 0 Å². The Labute approximate surface area is 215 Å². The Balaban J connectivity index is 1.79. The molecule has 5 aromatic rings. The van der Waals surface area contributed by atoms with E-state index in [4.69, 9.17) is 16.6 Å². The zero-order chi connectivity index (χ0) is 25.3. The number of anilines is 1. The number of imidazole rings is 1. The van der Waals surface area contributed by atoms with E-state index in [0.717, 1.165) is 40.8 Å². The van der Waals surface area contributed by atoms with Crippen LogP contribution in [-0.4, -0.2) is 38.2 Å². The van der Waals surface area contributed by atoms with E-state index >= 15 is 0 Å². The molecular formula is C29H28ClN5O. The highest BCUT2D eigenvalue weighted by Crippen LogP contribution is 2.43. The van der Waals surface area contributed by atoms with Crippen molar-refractivity contribution in [1.82, 2.24) is 19.5 Å². The van der Waals surface area contributed by atoms with Gasteiger partial charge in [0.25, 0.3) is 0 Å². The molecule has 0 amide bonds. The highest BCUT2D eigenvalue weighted by molar-refractivity contribution is 6.38. The van der Waals surface area contributed by atoms with E-state index in [-0.39, 0.29) is 0 Å². The zero-order valence-corrected chi connectivity index (χ0v) is 21.3. The van der Waals surface area contributed by atoms with Crippen molar-refractivity contribution in [1.29, 1.82) is 0 Å². The molecule has 0 bridgehead atoms. The second kappa shape index (κ2) is 9.72. The average Bonchev–Trinajstić information content (AvgIpc) is 3.35. The van der Waals surface area contributed by atoms with Crippen LogP contribution in [0.1, 0.15) is 30.2 Å². The second-order valence-corrected chi connectivity index (χ2v) is 9.36. The van der Waals surface area contributed by atoms with Gasteiger partial charge in [-0.1, -0.05) is 54.9 Å². The van der Waals surface area contributed by atoms with Crippen molar-refractivity contribution in [2.45, 2.75) is 18.9 Å². The Morgan fingerprint density at radius 2 is 1.75 bits per heavy atom. The minimum Gasteiger partial charge on any atom is -0.374 e. The van der Waals surface area contributed by atoms with Crippen LogP contribution in [0.25, 0.3) is 22.0 Å². The number of hydrogen-bond donors (Lipinski definition) is 1. The highest BCUT2D eigenvalue weighted by atomic mass is 35.5. The molecule has 0 aliphatic heterocycles. The summed E-state index contributed by atoms with van der Waals surface area (Å²) in [6.45, 7) is 3.00. The molecule has 3 heterocycles. The molecule has 0 saturated heterocycles. The van der Waals surface area contributed by atoms with Crippen molar-refractivity contribution in [3.8, 4) is 11.1 Å². The molecule has 1 atom stereocenters. The van der Waals surface area contributed by atoms with E-state index in [0.29, 0.717) is 21.8 Å². The molecule has 6 nitrogen and oxygen atoms in total. The van der Waals surface area contributed by atoms with E-state index in [1.165, 1.54) is 0 Å². The fraction of sp³-hybridized carbons (Fsp3) is 0.207. The van der Waals surface area contributed by atoms with Crippen LogP contribution in [0, 0.1) is 0 Å². The lowest BCUT2D eigenvalue weighted by molar-refractivity contribution is 0.117. The van der Waals surface area contributed by atoms with E-state index in [2.05, 4.69) is 21.8 Å². The smallest absolute Gasteiger partial charge is 0.157 e. The first-order valence-electron chi connectivity index (χ1n) is 11.9. The van der Waals surface area contributed by atoms with Gasteiger partial charge in [0.2, 0.25) is 0 Å². The van der Waals surface area contributed by atoms with Crippen molar-refractivity contribution >= 4 is 28.3 Å². The highest BCUT2D eigenvalue weighted by Gasteiger charge is 2.37. The van der Waals surface area contributed by atoms with Crippen LogP contribution in [0.4, 0.5) is 5.82 Å². The van der Waals surface area contributed by atoms with Gasteiger partial charge >= 0.3 is 0 Å². The van der Waals surface area contributed by atoms with E-state index in [1.54, 1.807) is 24.9 Å². The van der Waals surface area contributed by atoms with Gasteiger partial charge in [-0.3, -0.25) is 4.98 Å². The summed E-state index contributed by atoms with van der Waals surface area (Å²) in [5.41, 5.74) is 3.18. The van der Waals surface area contributed by atoms with Gasteiger partial charge in [0.1, 0.15) is 5.82 Å². The van der Waals surface area contributed by atoms with Crippen molar-refractivity contribution in [3.63, 3.8) is 0 Å². The summed E-state index contributed by atoms with van der Waals surface area (Å²) in [5, 5.41) is 13.7. The number of pyridine rings is 2. The van der Waals surface area contributed by atoms with Crippen LogP contribution < -0.4 is 4.90 Å². The lowest BCUT2D eigenvalue weighted by Gasteiger charge is -2.30. The predicted octanol–water partition coefficient (Wildman–Crippen LogP) is 5.81. The van der Waals surface area contributed by atoms with Gasteiger partial charge in [-0.2, -0.15) is 0 Å². The topological polar surface area (TPSA) is 67.1 Å². The minimum absolute atomic E-state index is 0.605. The first-order chi connectivity index (χ1) is 17.4. The lowest BCUT2D eigenvalue weighted by Crippen LogP contribution is -2.31. The van der Waals surface area contributed by atoms with Gasteiger partial charge in [0.15, 0.2) is 5.60 Å². The third kappa shape index (κ3) is 4.02. The first-order valence-corrected chi connectivity index (χ1v) is 12.3. The number of aromatic nitrogens is 4. The molecular weight excluding hydrogens is 470 g/mol. The number of nitrogens with zero attached hydrogens (tertiary/aromatic N) is 5. The molecule has 2 aromatic carbocycles. The van der Waals surface area contributed by atoms with Crippen molar-refractivity contribution < 1.29 is 5.11 Å². The Bertz CT molecular complexity index is 1500. The number of halogens is 1. The summed E-state index contributed by atoms with van der Waals surface area (Å²) < 4.78 is 1.82. The molecule has 0 aliphatic rings. The maximum absolute atomic E-state index is 12.3. The Hall–Kier alpha value is -3.74. The summed E-state index contributed by atoms with van der Waals surface area (Å²) in [5.74, 6) is 0.837. The van der Waals surface area contributed by atoms with Crippen molar-refractivity contribution in [3.05, 3.63) is 107 Å². The van der Waals surface area contributed by atoms with Crippen LogP contribution in [0.15, 0.2) is 85.6 Å². The molecule has 0 aliphatic carbocycles. The molecule has 7 heteroatoms. The van der Waals surface area contributed by atoms with Crippen LogP contribution >= 0.6 is 11.6 Å². The van der Waals surface area contributed by atoms with Crippen molar-refractivity contribution in [2.75, 3.05) is 18.5 Å². The van der Waals surface area contributed by atoms with Gasteiger partial charge in [-0.25, -0.2) is 9.97 Å². The Morgan fingerprint density at radius 3 is 2.42 bits per heavy atom. The third-order valence-corrected chi connectivity index (χ3v) is 6.98. The van der Waals surface area contributed by atoms with Crippen molar-refractivity contribution in [2.24, 2.45) is 7.05 Å². The van der Waals surface area contributed by atoms with E-state index in [1.807, 2.05) is 79.3 Å². The summed E-state index contributed by atoms with van der Waals surface area (Å²) in [6, 6.07) is 19.5. The average molecular weight is 498 g/mol. The van der Waals surface area contributed by atoms with Crippen LogP contribution in [-0.2, 0) is 12.6 Å². The molecule has 0 saturated carbocycles. The summed E-state index contributed by atoms with van der Waals surface area (Å²) in [6.07, 6.45) is 7.71. The fourth-order valence-electron chi connectivity index (χ4n) is 4.78. The number of benzene rings is 2. The van der Waals surface area contributed by atoms with Gasteiger partial charge in [-0.05, 0) is 47.4 Å². The number of hydrogen-bond acceptors (Lipinski definition) is 5. The molecule has 0 fully saturated rings. The third-order valence-electron chi connectivity index (χ3n) is 6.59. The maximum atomic E-state index is 12.3. The van der Waals surface area contributed by atoms with E-state index < -0.39 is 5.60 Å². The van der Waals surface area contributed by atoms with Gasteiger partial charge in [0.05, 0.1) is 28.8 Å². The second-order valence-electron chi connectivity index (χ2n) is 8.98. The maximum Gasteiger partial charge on any atom is 0.157 e. The molecule has 36 heavy (non-hydrogen) atoms.